The Morgan fingerprint density at radius 1 is 1.10 bits per heavy atom. The molecule has 20 heavy (non-hydrogen) atoms. The van der Waals surface area contributed by atoms with Gasteiger partial charge in [-0.25, -0.2) is 0 Å². The third-order valence-corrected chi connectivity index (χ3v) is 4.12. The first-order chi connectivity index (χ1) is 9.78. The maximum absolute atomic E-state index is 5.57. The van der Waals surface area contributed by atoms with Gasteiger partial charge in [0.25, 0.3) is 0 Å². The van der Waals surface area contributed by atoms with Gasteiger partial charge in [-0.2, -0.15) is 0 Å². The minimum absolute atomic E-state index is 0.732. The molecule has 0 spiro atoms. The molecule has 1 heterocycles. The summed E-state index contributed by atoms with van der Waals surface area (Å²) in [7, 11) is 2.22. The molecule has 0 bridgehead atoms. The molecule has 0 saturated carbocycles. The average molecular weight is 275 g/mol. The lowest BCUT2D eigenvalue weighted by atomic mass is 10.1. The molecule has 1 aliphatic rings. The lowest BCUT2D eigenvalue weighted by Crippen LogP contribution is -2.26. The molecule has 2 rings (SSSR count). The summed E-state index contributed by atoms with van der Waals surface area (Å²) in [4.78, 5) is 5.02. The van der Waals surface area contributed by atoms with Gasteiger partial charge >= 0.3 is 0 Å². The van der Waals surface area contributed by atoms with Crippen LogP contribution in [0.4, 0.5) is 0 Å². The fraction of sp³-hybridized carbons (Fsp3) is 0.647. The average Bonchev–Trinajstić information content (AvgIpc) is 2.94. The first-order valence-corrected chi connectivity index (χ1v) is 7.97. The van der Waals surface area contributed by atoms with E-state index in [0.717, 1.165) is 19.5 Å². The largest absolute Gasteiger partial charge is 0.330 e. The van der Waals surface area contributed by atoms with Gasteiger partial charge in [-0.1, -0.05) is 24.3 Å². The van der Waals surface area contributed by atoms with Crippen LogP contribution in [0, 0.1) is 0 Å². The van der Waals surface area contributed by atoms with E-state index in [9.17, 15) is 0 Å². The smallest absolute Gasteiger partial charge is 0.0230 e. The summed E-state index contributed by atoms with van der Waals surface area (Å²) >= 11 is 0. The third-order valence-electron chi connectivity index (χ3n) is 4.12. The zero-order valence-electron chi connectivity index (χ0n) is 12.9. The molecule has 0 aromatic heterocycles. The Balaban J connectivity index is 1.66. The van der Waals surface area contributed by atoms with E-state index in [1.54, 1.807) is 0 Å². The van der Waals surface area contributed by atoms with Crippen LogP contribution in [0.15, 0.2) is 24.3 Å². The minimum Gasteiger partial charge on any atom is -0.330 e. The minimum atomic E-state index is 0.732. The van der Waals surface area contributed by atoms with Crippen molar-refractivity contribution in [2.24, 2.45) is 5.73 Å². The topological polar surface area (TPSA) is 32.5 Å². The zero-order chi connectivity index (χ0) is 14.2. The Morgan fingerprint density at radius 2 is 1.75 bits per heavy atom. The molecule has 1 aromatic rings. The number of nitrogens with zero attached hydrogens (tertiary/aromatic N) is 2. The van der Waals surface area contributed by atoms with Gasteiger partial charge in [0, 0.05) is 6.54 Å². The van der Waals surface area contributed by atoms with Gasteiger partial charge in [0.15, 0.2) is 0 Å². The van der Waals surface area contributed by atoms with E-state index in [1.165, 1.54) is 56.6 Å². The molecule has 2 N–H and O–H groups in total. The highest BCUT2D eigenvalue weighted by Crippen LogP contribution is 2.09. The number of likely N-dealkylation sites (tertiary alicyclic amines) is 1. The SMILES string of the molecule is CN(CCCN1CCCC1)Cc1ccc(CCN)cc1. The van der Waals surface area contributed by atoms with Crippen molar-refractivity contribution in [2.45, 2.75) is 32.2 Å². The van der Waals surface area contributed by atoms with Gasteiger partial charge in [-0.15, -0.1) is 0 Å². The number of nitrogens with two attached hydrogens (primary N) is 1. The molecule has 3 nitrogen and oxygen atoms in total. The molecule has 0 atom stereocenters. The highest BCUT2D eigenvalue weighted by atomic mass is 15.1. The summed E-state index contributed by atoms with van der Waals surface area (Å²) in [5.41, 5.74) is 8.31. The van der Waals surface area contributed by atoms with Crippen molar-refractivity contribution in [1.29, 1.82) is 0 Å². The van der Waals surface area contributed by atoms with Crippen LogP contribution in [-0.2, 0) is 13.0 Å². The molecule has 3 heteroatoms. The Morgan fingerprint density at radius 3 is 2.40 bits per heavy atom. The van der Waals surface area contributed by atoms with Crippen LogP contribution in [0.5, 0.6) is 0 Å². The van der Waals surface area contributed by atoms with Crippen LogP contribution >= 0.6 is 0 Å². The number of rotatable bonds is 8. The van der Waals surface area contributed by atoms with Crippen molar-refractivity contribution in [2.75, 3.05) is 39.8 Å². The summed E-state index contributed by atoms with van der Waals surface area (Å²) in [5, 5.41) is 0. The molecule has 1 aliphatic heterocycles. The molecule has 0 amide bonds. The Kier molecular flexibility index (Phi) is 6.51. The van der Waals surface area contributed by atoms with Crippen LogP contribution < -0.4 is 5.73 Å². The Hall–Kier alpha value is -0.900. The standard InChI is InChI=1S/C17H29N3/c1-19(11-4-14-20-12-2-3-13-20)15-17-7-5-16(6-8-17)9-10-18/h5-8H,2-4,9-15,18H2,1H3. The van der Waals surface area contributed by atoms with Crippen molar-refractivity contribution in [1.82, 2.24) is 9.80 Å². The van der Waals surface area contributed by atoms with E-state index in [0.29, 0.717) is 0 Å². The maximum Gasteiger partial charge on any atom is 0.0230 e. The second kappa shape index (κ2) is 8.40. The van der Waals surface area contributed by atoms with E-state index in [-0.39, 0.29) is 0 Å². The lowest BCUT2D eigenvalue weighted by molar-refractivity contribution is 0.275. The van der Waals surface area contributed by atoms with Gasteiger partial charge in [0.2, 0.25) is 0 Å². The lowest BCUT2D eigenvalue weighted by Gasteiger charge is -2.19. The van der Waals surface area contributed by atoms with Crippen LogP contribution in [0.1, 0.15) is 30.4 Å². The van der Waals surface area contributed by atoms with E-state index < -0.39 is 0 Å². The molecule has 1 fully saturated rings. The second-order valence-electron chi connectivity index (χ2n) is 6.00. The quantitative estimate of drug-likeness (QED) is 0.788. The third kappa shape index (κ3) is 5.23. The predicted octanol–water partition coefficient (Wildman–Crippen LogP) is 2.11. The molecular weight excluding hydrogens is 246 g/mol. The molecule has 0 aliphatic carbocycles. The van der Waals surface area contributed by atoms with E-state index in [4.69, 9.17) is 5.73 Å². The van der Waals surface area contributed by atoms with Gasteiger partial charge in [-0.3, -0.25) is 0 Å². The van der Waals surface area contributed by atoms with Crippen LogP contribution in [0.2, 0.25) is 0 Å². The van der Waals surface area contributed by atoms with Crippen LogP contribution in [-0.4, -0.2) is 49.6 Å². The fourth-order valence-electron chi connectivity index (χ4n) is 2.94. The number of benzene rings is 1. The number of hydrogen-bond acceptors (Lipinski definition) is 3. The monoisotopic (exact) mass is 275 g/mol. The van der Waals surface area contributed by atoms with Gasteiger partial charge in [0.05, 0.1) is 0 Å². The van der Waals surface area contributed by atoms with Gasteiger partial charge < -0.3 is 15.5 Å². The summed E-state index contributed by atoms with van der Waals surface area (Å²) in [6.45, 7) is 6.85. The van der Waals surface area contributed by atoms with Crippen molar-refractivity contribution < 1.29 is 0 Å². The van der Waals surface area contributed by atoms with Crippen molar-refractivity contribution in [3.63, 3.8) is 0 Å². The number of hydrogen-bond donors (Lipinski definition) is 1. The highest BCUT2D eigenvalue weighted by molar-refractivity contribution is 5.22. The zero-order valence-corrected chi connectivity index (χ0v) is 12.9. The van der Waals surface area contributed by atoms with Crippen LogP contribution in [0.3, 0.4) is 0 Å². The molecule has 0 unspecified atom stereocenters. The normalized spacial score (nSPS) is 16.1. The van der Waals surface area contributed by atoms with E-state index in [1.807, 2.05) is 0 Å². The van der Waals surface area contributed by atoms with Crippen LogP contribution in [0.25, 0.3) is 0 Å². The van der Waals surface area contributed by atoms with Gasteiger partial charge in [-0.05, 0) is 76.6 Å². The summed E-state index contributed by atoms with van der Waals surface area (Å²) in [5.74, 6) is 0. The first kappa shape index (κ1) is 15.5. The summed E-state index contributed by atoms with van der Waals surface area (Å²) in [6, 6.07) is 8.89. The van der Waals surface area contributed by atoms with E-state index >= 15 is 0 Å². The summed E-state index contributed by atoms with van der Waals surface area (Å²) < 4.78 is 0. The highest BCUT2D eigenvalue weighted by Gasteiger charge is 2.10. The van der Waals surface area contributed by atoms with Crippen molar-refractivity contribution in [3.8, 4) is 0 Å². The van der Waals surface area contributed by atoms with Crippen molar-refractivity contribution in [3.05, 3.63) is 35.4 Å². The molecule has 1 aromatic carbocycles. The van der Waals surface area contributed by atoms with Crippen molar-refractivity contribution >= 4 is 0 Å². The Bertz CT molecular complexity index is 368. The predicted molar refractivity (Wildman–Crippen MR) is 85.8 cm³/mol. The summed E-state index contributed by atoms with van der Waals surface area (Å²) in [6.07, 6.45) is 5.05. The van der Waals surface area contributed by atoms with Gasteiger partial charge in [0.1, 0.15) is 0 Å². The second-order valence-corrected chi connectivity index (χ2v) is 6.00. The molecule has 1 saturated heterocycles. The molecule has 0 radical (unpaired) electrons. The molecular formula is C17H29N3. The van der Waals surface area contributed by atoms with E-state index in [2.05, 4.69) is 41.1 Å². The fourth-order valence-corrected chi connectivity index (χ4v) is 2.94. The maximum atomic E-state index is 5.57. The first-order valence-electron chi connectivity index (χ1n) is 7.97. The molecule has 112 valence electrons. The Labute approximate surface area is 123 Å².